The lowest BCUT2D eigenvalue weighted by molar-refractivity contribution is 0.0557. The van der Waals surface area contributed by atoms with Gasteiger partial charge >= 0.3 is 12.2 Å². The highest BCUT2D eigenvalue weighted by Crippen LogP contribution is 2.42. The summed E-state index contributed by atoms with van der Waals surface area (Å²) >= 11 is 0. The third kappa shape index (κ3) is 6.87. The summed E-state index contributed by atoms with van der Waals surface area (Å²) in [5.41, 5.74) is 8.42. The number of nitrogens with one attached hydrogen (secondary N) is 2. The van der Waals surface area contributed by atoms with Crippen LogP contribution in [0.5, 0.6) is 0 Å². The van der Waals surface area contributed by atoms with Gasteiger partial charge in [0, 0.05) is 24.6 Å². The molecule has 0 unspecified atom stereocenters. The Kier molecular flexibility index (Phi) is 8.63. The molecule has 2 amide bonds. The molecule has 0 saturated carbocycles. The number of nitrogens with zero attached hydrogens (tertiary/aromatic N) is 4. The van der Waals surface area contributed by atoms with Gasteiger partial charge in [-0.3, -0.25) is 9.80 Å². The van der Waals surface area contributed by atoms with Crippen LogP contribution in [0.1, 0.15) is 76.4 Å². The summed E-state index contributed by atoms with van der Waals surface area (Å²) in [5.74, 6) is 1.42. The largest absolute Gasteiger partial charge is 0.443 e. The number of aromatic nitrogens is 4. The van der Waals surface area contributed by atoms with E-state index in [4.69, 9.17) is 19.4 Å². The Morgan fingerprint density at radius 1 is 0.630 bits per heavy atom. The number of aromatic amines is 2. The molecule has 2 atom stereocenters. The lowest BCUT2D eigenvalue weighted by Crippen LogP contribution is -2.38. The molecule has 0 spiro atoms. The van der Waals surface area contributed by atoms with Crippen molar-refractivity contribution in [2.24, 2.45) is 0 Å². The number of carbonyl (C=O) groups is 2. The lowest BCUT2D eigenvalue weighted by Gasteiger charge is -2.28. The minimum Gasteiger partial charge on any atom is -0.443 e. The minimum atomic E-state index is -0.617. The Hall–Kier alpha value is -6.16. The van der Waals surface area contributed by atoms with Crippen LogP contribution in [-0.4, -0.2) is 43.3 Å². The number of hydrogen-bond acceptors (Lipinski definition) is 6. The Labute approximate surface area is 315 Å². The van der Waals surface area contributed by atoms with Gasteiger partial charge < -0.3 is 19.4 Å². The van der Waals surface area contributed by atoms with E-state index in [1.807, 2.05) is 102 Å². The molecule has 2 aliphatic heterocycles. The second-order valence-corrected chi connectivity index (χ2v) is 15.9. The molecule has 0 saturated heterocycles. The van der Waals surface area contributed by atoms with Crippen molar-refractivity contribution in [1.82, 2.24) is 19.9 Å². The summed E-state index contributed by atoms with van der Waals surface area (Å²) in [5, 5.41) is 0. The number of anilines is 2. The van der Waals surface area contributed by atoms with E-state index in [2.05, 4.69) is 58.5 Å². The van der Waals surface area contributed by atoms with Gasteiger partial charge in [0.15, 0.2) is 0 Å². The smallest absolute Gasteiger partial charge is 0.415 e. The van der Waals surface area contributed by atoms with E-state index < -0.39 is 11.2 Å². The number of imidazole rings is 2. The summed E-state index contributed by atoms with van der Waals surface area (Å²) in [6.45, 7) is 11.2. The van der Waals surface area contributed by atoms with Gasteiger partial charge in [0.1, 0.15) is 34.9 Å². The number of fused-ring (bicyclic) bond motifs is 2. The maximum absolute atomic E-state index is 13.4. The molecule has 0 fully saturated rings. The third-order valence-corrected chi connectivity index (χ3v) is 9.67. The Balaban J connectivity index is 0.972. The first-order valence-electron chi connectivity index (χ1n) is 18.3. The topological polar surface area (TPSA) is 116 Å². The Morgan fingerprint density at radius 2 is 1.09 bits per heavy atom. The summed E-state index contributed by atoms with van der Waals surface area (Å²) in [7, 11) is 0. The van der Waals surface area contributed by atoms with Crippen LogP contribution in [0.15, 0.2) is 109 Å². The zero-order valence-corrected chi connectivity index (χ0v) is 31.4. The van der Waals surface area contributed by atoms with Crippen molar-refractivity contribution in [3.05, 3.63) is 132 Å². The second-order valence-electron chi connectivity index (χ2n) is 15.9. The first-order chi connectivity index (χ1) is 25.8. The predicted octanol–water partition coefficient (Wildman–Crippen LogP) is 10.2. The van der Waals surface area contributed by atoms with Gasteiger partial charge in [0.05, 0.1) is 29.0 Å². The van der Waals surface area contributed by atoms with Gasteiger partial charge in [-0.1, -0.05) is 84.9 Å². The van der Waals surface area contributed by atoms with Crippen molar-refractivity contribution in [2.75, 3.05) is 9.80 Å². The van der Waals surface area contributed by atoms with Gasteiger partial charge in [-0.2, -0.15) is 0 Å². The van der Waals surface area contributed by atoms with E-state index in [1.165, 1.54) is 0 Å². The molecule has 6 aromatic rings. The van der Waals surface area contributed by atoms with E-state index >= 15 is 0 Å². The van der Waals surface area contributed by atoms with Gasteiger partial charge in [0.2, 0.25) is 0 Å². The van der Waals surface area contributed by atoms with Crippen LogP contribution >= 0.6 is 0 Å². The minimum absolute atomic E-state index is 0.298. The second kappa shape index (κ2) is 13.4. The highest BCUT2D eigenvalue weighted by atomic mass is 16.6. The molecular weight excluding hydrogens is 677 g/mol. The standard InChI is InChI=1S/C44H44N6O4/c1-43(2,3)53-41(51)49-35-13-9-7-11-31(35)23-37(49)39-45-25-33(47-39)29-19-15-27(16-20-29)28-17-21-30(22-18-28)34-26-46-40(48-34)38-24-32-12-8-10-14-36(32)50(38)42(52)54-44(4,5)6/h7-22,25-26,37-38H,23-24H2,1-6H3,(H,45,47)(H,46,48)/t37-,38-/m0/s1. The van der Waals surface area contributed by atoms with Crippen LogP contribution < -0.4 is 9.80 Å². The molecule has 2 aliphatic rings. The molecule has 2 N–H and O–H groups in total. The summed E-state index contributed by atoms with van der Waals surface area (Å²) in [6, 6.07) is 31.9. The molecule has 0 bridgehead atoms. The summed E-state index contributed by atoms with van der Waals surface area (Å²) in [6.07, 6.45) is 4.24. The number of carbonyl (C=O) groups excluding carboxylic acids is 2. The van der Waals surface area contributed by atoms with Gasteiger partial charge in [-0.05, 0) is 81.5 Å². The molecule has 10 heteroatoms. The fourth-order valence-corrected chi connectivity index (χ4v) is 7.27. The van der Waals surface area contributed by atoms with Crippen LogP contribution in [0.25, 0.3) is 33.6 Å². The molecule has 10 nitrogen and oxygen atoms in total. The lowest BCUT2D eigenvalue weighted by atomic mass is 10.0. The number of rotatable bonds is 5. The number of H-pyrrole nitrogens is 2. The van der Waals surface area contributed by atoms with E-state index in [-0.39, 0.29) is 24.3 Å². The van der Waals surface area contributed by atoms with Crippen molar-refractivity contribution in [3.8, 4) is 33.6 Å². The van der Waals surface area contributed by atoms with Crippen LogP contribution in [0.4, 0.5) is 21.0 Å². The summed E-state index contributed by atoms with van der Waals surface area (Å²) in [4.78, 5) is 46.7. The molecule has 2 aromatic heterocycles. The Morgan fingerprint density at radius 3 is 1.61 bits per heavy atom. The van der Waals surface area contributed by atoms with Crippen LogP contribution in [0, 0.1) is 0 Å². The van der Waals surface area contributed by atoms with E-state index in [0.717, 1.165) is 56.1 Å². The van der Waals surface area contributed by atoms with Crippen molar-refractivity contribution < 1.29 is 19.1 Å². The van der Waals surface area contributed by atoms with Gasteiger partial charge in [-0.25, -0.2) is 19.6 Å². The molecule has 274 valence electrons. The van der Waals surface area contributed by atoms with Crippen molar-refractivity contribution in [3.63, 3.8) is 0 Å². The average molecular weight is 721 g/mol. The zero-order valence-electron chi connectivity index (χ0n) is 31.4. The average Bonchev–Trinajstić information content (AvgIpc) is 3.94. The summed E-state index contributed by atoms with van der Waals surface area (Å²) < 4.78 is 11.6. The SMILES string of the molecule is CC(C)(C)OC(=O)N1c2ccccc2C[C@H]1c1nc(-c2ccc(-c3ccc(-c4cnc([C@@H]5Cc6ccccc6N5C(=O)OC(C)(C)C)[nH]4)cc3)cc2)c[nH]1. The first kappa shape index (κ1) is 34.9. The number of para-hydroxylation sites is 2. The van der Waals surface area contributed by atoms with E-state index in [0.29, 0.717) is 24.5 Å². The van der Waals surface area contributed by atoms with Crippen molar-refractivity contribution in [1.29, 1.82) is 0 Å². The maximum Gasteiger partial charge on any atom is 0.415 e. The van der Waals surface area contributed by atoms with Gasteiger partial charge in [0.25, 0.3) is 0 Å². The van der Waals surface area contributed by atoms with Gasteiger partial charge in [-0.15, -0.1) is 0 Å². The molecule has 4 heterocycles. The first-order valence-corrected chi connectivity index (χ1v) is 18.3. The predicted molar refractivity (Wildman–Crippen MR) is 210 cm³/mol. The van der Waals surface area contributed by atoms with E-state index in [1.54, 1.807) is 9.80 Å². The number of benzene rings is 4. The fourth-order valence-electron chi connectivity index (χ4n) is 7.27. The zero-order chi connectivity index (χ0) is 37.8. The number of amides is 2. The quantitative estimate of drug-likeness (QED) is 0.183. The monoisotopic (exact) mass is 720 g/mol. The maximum atomic E-state index is 13.4. The molecule has 0 aliphatic carbocycles. The highest BCUT2D eigenvalue weighted by Gasteiger charge is 2.40. The van der Waals surface area contributed by atoms with Crippen LogP contribution in [0.2, 0.25) is 0 Å². The number of ether oxygens (including phenoxy) is 2. The Bertz CT molecular complexity index is 2160. The fraction of sp³-hybridized carbons (Fsp3) is 0.273. The van der Waals surface area contributed by atoms with E-state index in [9.17, 15) is 9.59 Å². The molecule has 0 radical (unpaired) electrons. The third-order valence-electron chi connectivity index (χ3n) is 9.67. The molecular formula is C44H44N6O4. The molecule has 54 heavy (non-hydrogen) atoms. The molecule has 8 rings (SSSR count). The number of hydrogen-bond donors (Lipinski definition) is 2. The highest BCUT2D eigenvalue weighted by molar-refractivity contribution is 5.92. The van der Waals surface area contributed by atoms with Crippen molar-refractivity contribution in [2.45, 2.75) is 77.7 Å². The van der Waals surface area contributed by atoms with Crippen LogP contribution in [-0.2, 0) is 22.3 Å². The van der Waals surface area contributed by atoms with Crippen molar-refractivity contribution >= 4 is 23.6 Å². The molecule has 4 aromatic carbocycles. The van der Waals surface area contributed by atoms with Crippen LogP contribution in [0.3, 0.4) is 0 Å². The normalized spacial score (nSPS) is 16.6.